The molecule has 0 atom stereocenters. The lowest BCUT2D eigenvalue weighted by molar-refractivity contribution is -0.385. The zero-order valence-corrected chi connectivity index (χ0v) is 8.18. The minimum Gasteiger partial charge on any atom is -0.395 e. The highest BCUT2D eigenvalue weighted by molar-refractivity contribution is 5.53. The van der Waals surface area contributed by atoms with Gasteiger partial charge < -0.3 is 10.0 Å². The Hall–Kier alpha value is -1.69. The number of hydrogen-bond acceptors (Lipinski definition) is 4. The van der Waals surface area contributed by atoms with Gasteiger partial charge in [-0.2, -0.15) is 0 Å². The van der Waals surface area contributed by atoms with E-state index >= 15 is 0 Å². The van der Waals surface area contributed by atoms with Crippen LogP contribution in [-0.2, 0) is 0 Å². The number of anilines is 1. The third-order valence-electron chi connectivity index (χ3n) is 1.95. The highest BCUT2D eigenvalue weighted by atomic mass is 19.1. The first-order valence-electron chi connectivity index (χ1n) is 4.31. The predicted molar refractivity (Wildman–Crippen MR) is 53.4 cm³/mol. The number of hydrogen-bond donors (Lipinski definition) is 1. The van der Waals surface area contributed by atoms with Crippen molar-refractivity contribution in [3.05, 3.63) is 34.1 Å². The van der Waals surface area contributed by atoms with Gasteiger partial charge in [0.1, 0.15) is 5.82 Å². The van der Waals surface area contributed by atoms with Crippen LogP contribution in [0.3, 0.4) is 0 Å². The highest BCUT2D eigenvalue weighted by Crippen LogP contribution is 2.22. The summed E-state index contributed by atoms with van der Waals surface area (Å²) in [5.41, 5.74) is 0.0746. The van der Waals surface area contributed by atoms with Crippen molar-refractivity contribution in [1.29, 1.82) is 0 Å². The molecule has 0 saturated heterocycles. The summed E-state index contributed by atoms with van der Waals surface area (Å²) in [6.45, 7) is 0.196. The first-order valence-corrected chi connectivity index (χ1v) is 4.31. The van der Waals surface area contributed by atoms with Gasteiger partial charge in [-0.15, -0.1) is 0 Å². The second-order valence-corrected chi connectivity index (χ2v) is 3.07. The first kappa shape index (κ1) is 11.4. The number of halogens is 1. The number of rotatable bonds is 4. The van der Waals surface area contributed by atoms with Crippen LogP contribution in [0.2, 0.25) is 0 Å². The Labute approximate surface area is 85.9 Å². The predicted octanol–water partition coefficient (Wildman–Crippen LogP) is 1.16. The maximum atomic E-state index is 13.0. The number of aliphatic hydroxyl groups is 1. The minimum atomic E-state index is -0.663. The fourth-order valence-corrected chi connectivity index (χ4v) is 1.16. The zero-order valence-electron chi connectivity index (χ0n) is 8.18. The molecule has 15 heavy (non-hydrogen) atoms. The second kappa shape index (κ2) is 4.70. The molecule has 0 amide bonds. The average molecular weight is 214 g/mol. The van der Waals surface area contributed by atoms with Crippen LogP contribution in [0, 0.1) is 15.9 Å². The Bertz CT molecular complexity index is 370. The lowest BCUT2D eigenvalue weighted by Gasteiger charge is -2.17. The molecule has 6 heteroatoms. The molecule has 0 spiro atoms. The Morgan fingerprint density at radius 2 is 2.20 bits per heavy atom. The molecule has 0 aliphatic heterocycles. The van der Waals surface area contributed by atoms with Gasteiger partial charge in [-0.25, -0.2) is 4.39 Å². The van der Waals surface area contributed by atoms with E-state index in [4.69, 9.17) is 5.11 Å². The van der Waals surface area contributed by atoms with Gasteiger partial charge in [-0.1, -0.05) is 0 Å². The van der Waals surface area contributed by atoms with Gasteiger partial charge >= 0.3 is 0 Å². The van der Waals surface area contributed by atoms with Gasteiger partial charge in [0.05, 0.1) is 17.6 Å². The smallest absolute Gasteiger partial charge is 0.274 e. The Morgan fingerprint density at radius 3 is 2.73 bits per heavy atom. The summed E-state index contributed by atoms with van der Waals surface area (Å²) in [6, 6.07) is 3.30. The fourth-order valence-electron chi connectivity index (χ4n) is 1.16. The van der Waals surface area contributed by atoms with Crippen LogP contribution in [0.1, 0.15) is 0 Å². The summed E-state index contributed by atoms with van der Waals surface area (Å²) in [5, 5.41) is 19.1. The molecule has 0 saturated carbocycles. The summed E-state index contributed by atoms with van der Waals surface area (Å²) in [4.78, 5) is 11.3. The zero-order chi connectivity index (χ0) is 11.4. The molecule has 0 aliphatic rings. The van der Waals surface area contributed by atoms with Crippen LogP contribution < -0.4 is 4.90 Å². The molecule has 0 fully saturated rings. The number of benzene rings is 1. The summed E-state index contributed by atoms with van der Waals surface area (Å²) in [6.07, 6.45) is 0. The summed E-state index contributed by atoms with van der Waals surface area (Å²) < 4.78 is 13.0. The third-order valence-corrected chi connectivity index (χ3v) is 1.95. The van der Waals surface area contributed by atoms with E-state index in [0.717, 1.165) is 6.07 Å². The topological polar surface area (TPSA) is 66.6 Å². The number of nitro groups is 1. The van der Waals surface area contributed by atoms with Gasteiger partial charge in [0.25, 0.3) is 5.69 Å². The molecule has 0 unspecified atom stereocenters. The number of non-ortho nitro benzene ring substituents is 1. The standard InChI is InChI=1S/C9H11FN2O3/c1-11(2-3-13)8-4-7(10)5-9(6-8)12(14)15/h4-6,13H,2-3H2,1H3. The fraction of sp³-hybridized carbons (Fsp3) is 0.333. The molecule has 1 N–H and O–H groups in total. The summed E-state index contributed by atoms with van der Waals surface area (Å²) in [7, 11) is 1.62. The van der Waals surface area contributed by atoms with E-state index < -0.39 is 10.7 Å². The van der Waals surface area contributed by atoms with Crippen LogP contribution in [0.15, 0.2) is 18.2 Å². The first-order chi connectivity index (χ1) is 7.04. The molecule has 0 heterocycles. The lowest BCUT2D eigenvalue weighted by Crippen LogP contribution is -2.21. The Balaban J connectivity index is 3.03. The number of nitro benzene ring substituents is 1. The van der Waals surface area contributed by atoms with Crippen molar-refractivity contribution in [2.75, 3.05) is 25.1 Å². The number of nitrogens with zero attached hydrogens (tertiary/aromatic N) is 2. The van der Waals surface area contributed by atoms with Crippen LogP contribution in [-0.4, -0.2) is 30.2 Å². The van der Waals surface area contributed by atoms with Crippen LogP contribution >= 0.6 is 0 Å². The average Bonchev–Trinajstić information content (AvgIpc) is 2.17. The van der Waals surface area contributed by atoms with E-state index in [1.807, 2.05) is 0 Å². The number of aliphatic hydroxyl groups excluding tert-OH is 1. The minimum absolute atomic E-state index is 0.0964. The molecular weight excluding hydrogens is 203 g/mol. The van der Waals surface area contributed by atoms with Crippen molar-refractivity contribution in [1.82, 2.24) is 0 Å². The molecule has 1 aromatic rings. The van der Waals surface area contributed by atoms with Gasteiger partial charge in [0.2, 0.25) is 0 Å². The Morgan fingerprint density at radius 1 is 1.53 bits per heavy atom. The maximum absolute atomic E-state index is 13.0. The van der Waals surface area contributed by atoms with Gasteiger partial charge in [-0.05, 0) is 6.07 Å². The maximum Gasteiger partial charge on any atom is 0.274 e. The van der Waals surface area contributed by atoms with Crippen LogP contribution in [0.4, 0.5) is 15.8 Å². The lowest BCUT2D eigenvalue weighted by atomic mass is 10.2. The molecule has 0 bridgehead atoms. The highest BCUT2D eigenvalue weighted by Gasteiger charge is 2.11. The van der Waals surface area contributed by atoms with E-state index in [1.165, 1.54) is 17.0 Å². The van der Waals surface area contributed by atoms with Crippen molar-refractivity contribution in [3.63, 3.8) is 0 Å². The van der Waals surface area contributed by atoms with Crippen LogP contribution in [0.5, 0.6) is 0 Å². The van der Waals surface area contributed by atoms with Crippen LogP contribution in [0.25, 0.3) is 0 Å². The quantitative estimate of drug-likeness (QED) is 0.603. The van der Waals surface area contributed by atoms with E-state index in [-0.39, 0.29) is 12.3 Å². The van der Waals surface area contributed by atoms with Crippen molar-refractivity contribution in [3.8, 4) is 0 Å². The molecular formula is C9H11FN2O3. The normalized spacial score (nSPS) is 10.1. The molecule has 82 valence electrons. The van der Waals surface area contributed by atoms with E-state index in [2.05, 4.69) is 0 Å². The molecule has 0 radical (unpaired) electrons. The SMILES string of the molecule is CN(CCO)c1cc(F)cc([N+](=O)[O-])c1. The van der Waals surface area contributed by atoms with E-state index in [9.17, 15) is 14.5 Å². The third kappa shape index (κ3) is 2.88. The van der Waals surface area contributed by atoms with Crippen molar-refractivity contribution >= 4 is 11.4 Å². The second-order valence-electron chi connectivity index (χ2n) is 3.07. The molecule has 0 aromatic heterocycles. The van der Waals surface area contributed by atoms with E-state index in [0.29, 0.717) is 12.2 Å². The molecule has 1 aromatic carbocycles. The van der Waals surface area contributed by atoms with Crippen molar-refractivity contribution < 1.29 is 14.4 Å². The molecule has 5 nitrogen and oxygen atoms in total. The molecule has 0 aliphatic carbocycles. The van der Waals surface area contributed by atoms with Crippen molar-refractivity contribution in [2.45, 2.75) is 0 Å². The van der Waals surface area contributed by atoms with Gasteiger partial charge in [0.15, 0.2) is 0 Å². The Kier molecular flexibility index (Phi) is 3.56. The van der Waals surface area contributed by atoms with Gasteiger partial charge in [-0.3, -0.25) is 10.1 Å². The monoisotopic (exact) mass is 214 g/mol. The summed E-state index contributed by atoms with van der Waals surface area (Å²) >= 11 is 0. The van der Waals surface area contributed by atoms with Crippen molar-refractivity contribution in [2.24, 2.45) is 0 Å². The van der Waals surface area contributed by atoms with Gasteiger partial charge in [0, 0.05) is 25.3 Å². The largest absolute Gasteiger partial charge is 0.395 e. The van der Waals surface area contributed by atoms with E-state index in [1.54, 1.807) is 7.05 Å². The molecule has 1 rings (SSSR count). The summed E-state index contributed by atoms with van der Waals surface area (Å²) in [5.74, 6) is -0.663. The number of likely N-dealkylation sites (N-methyl/N-ethyl adjacent to an activating group) is 1.